The summed E-state index contributed by atoms with van der Waals surface area (Å²) in [6, 6.07) is 24.4. The number of hydrogen-bond donors (Lipinski definition) is 1. The summed E-state index contributed by atoms with van der Waals surface area (Å²) in [4.78, 5) is 8.91. The number of pyridine rings is 1. The van der Waals surface area contributed by atoms with Crippen molar-refractivity contribution in [2.75, 3.05) is 30.7 Å². The summed E-state index contributed by atoms with van der Waals surface area (Å²) in [5.41, 5.74) is 5.20. The van der Waals surface area contributed by atoms with Gasteiger partial charge in [-0.3, -0.25) is 4.98 Å². The topological polar surface area (TPSA) is 54.8 Å². The molecule has 4 heterocycles. The first-order valence-corrected chi connectivity index (χ1v) is 11.9. The third-order valence-corrected chi connectivity index (χ3v) is 6.77. The van der Waals surface area contributed by atoms with Gasteiger partial charge in [-0.05, 0) is 72.9 Å². The first-order valence-electron chi connectivity index (χ1n) is 11.5. The maximum Gasteiger partial charge on any atom is 0.231 e. The van der Waals surface area contributed by atoms with Crippen LogP contribution in [0.4, 0.5) is 11.4 Å². The fourth-order valence-electron chi connectivity index (χ4n) is 4.75. The van der Waals surface area contributed by atoms with Crippen LogP contribution in [-0.4, -0.2) is 35.6 Å². The number of anilines is 2. The first-order chi connectivity index (χ1) is 17.1. The number of aromatic nitrogens is 2. The van der Waals surface area contributed by atoms with E-state index in [0.29, 0.717) is 5.11 Å². The lowest BCUT2D eigenvalue weighted by atomic mass is 10.0. The number of benzene rings is 2. The lowest BCUT2D eigenvalue weighted by molar-refractivity contribution is 0.174. The van der Waals surface area contributed by atoms with E-state index in [2.05, 4.69) is 67.3 Å². The van der Waals surface area contributed by atoms with Crippen molar-refractivity contribution >= 4 is 28.7 Å². The zero-order valence-electron chi connectivity index (χ0n) is 19.5. The molecule has 8 heteroatoms. The Morgan fingerprint density at radius 1 is 0.943 bits per heavy atom. The van der Waals surface area contributed by atoms with Crippen LogP contribution < -0.4 is 24.6 Å². The molecular formula is C27H25N5O2S. The number of thiocarbonyl (C=S) groups is 1. The van der Waals surface area contributed by atoms with Crippen LogP contribution in [0.1, 0.15) is 23.5 Å². The van der Waals surface area contributed by atoms with Crippen LogP contribution >= 0.6 is 12.2 Å². The van der Waals surface area contributed by atoms with Crippen molar-refractivity contribution in [2.45, 2.75) is 12.1 Å². The van der Waals surface area contributed by atoms with Gasteiger partial charge in [-0.2, -0.15) is 0 Å². The predicted molar refractivity (Wildman–Crippen MR) is 141 cm³/mol. The summed E-state index contributed by atoms with van der Waals surface area (Å²) < 4.78 is 13.4. The lowest BCUT2D eigenvalue weighted by Gasteiger charge is -2.29. The minimum absolute atomic E-state index is 0.135. The van der Waals surface area contributed by atoms with Crippen molar-refractivity contribution in [3.8, 4) is 17.2 Å². The average Bonchev–Trinajstić information content (AvgIpc) is 3.62. The van der Waals surface area contributed by atoms with Crippen LogP contribution in [0.15, 0.2) is 85.2 Å². The minimum Gasteiger partial charge on any atom is -0.454 e. The third-order valence-electron chi connectivity index (χ3n) is 6.46. The van der Waals surface area contributed by atoms with Gasteiger partial charge in [0.1, 0.15) is 6.04 Å². The first kappa shape index (κ1) is 21.5. The molecule has 6 rings (SSSR count). The predicted octanol–water partition coefficient (Wildman–Crippen LogP) is 4.84. The molecule has 2 aliphatic heterocycles. The van der Waals surface area contributed by atoms with Gasteiger partial charge in [0.2, 0.25) is 6.79 Å². The number of nitrogens with zero attached hydrogens (tertiary/aromatic N) is 4. The summed E-state index contributed by atoms with van der Waals surface area (Å²) in [6.45, 7) is 0.229. The molecular weight excluding hydrogens is 458 g/mol. The average molecular weight is 484 g/mol. The molecule has 2 aromatic carbocycles. The molecule has 0 radical (unpaired) electrons. The highest BCUT2D eigenvalue weighted by molar-refractivity contribution is 7.80. The second-order valence-electron chi connectivity index (χ2n) is 8.75. The van der Waals surface area contributed by atoms with E-state index in [9.17, 15) is 0 Å². The fraction of sp³-hybridized carbons (Fsp3) is 0.185. The Hall–Kier alpha value is -4.04. The monoisotopic (exact) mass is 483 g/mol. The molecule has 0 saturated carbocycles. The number of nitrogens with one attached hydrogen (secondary N) is 1. The van der Waals surface area contributed by atoms with Gasteiger partial charge in [-0.1, -0.05) is 6.07 Å². The van der Waals surface area contributed by atoms with Crippen LogP contribution in [0.5, 0.6) is 11.5 Å². The van der Waals surface area contributed by atoms with Crippen molar-refractivity contribution in [2.24, 2.45) is 0 Å². The SMILES string of the molecule is CN(C)c1ccc(-n2cccc2[C@@H]2[C@H](c3ccccn3)NC(=S)N2c2ccc3c(c2)OCO3)cc1. The maximum atomic E-state index is 5.88. The Kier molecular flexibility index (Phi) is 5.30. The minimum atomic E-state index is -0.138. The zero-order valence-corrected chi connectivity index (χ0v) is 20.3. The van der Waals surface area contributed by atoms with Gasteiger partial charge in [0.05, 0.1) is 11.7 Å². The smallest absolute Gasteiger partial charge is 0.231 e. The van der Waals surface area contributed by atoms with Gasteiger partial charge in [-0.25, -0.2) is 0 Å². The molecule has 176 valence electrons. The molecule has 0 spiro atoms. The van der Waals surface area contributed by atoms with Crippen LogP contribution in [-0.2, 0) is 0 Å². The summed E-state index contributed by atoms with van der Waals surface area (Å²) in [7, 11) is 4.09. The van der Waals surface area contributed by atoms with Gasteiger partial charge in [0, 0.05) is 55.3 Å². The lowest BCUT2D eigenvalue weighted by Crippen LogP contribution is -2.30. The largest absolute Gasteiger partial charge is 0.454 e. The van der Waals surface area contributed by atoms with Crippen LogP contribution in [0.2, 0.25) is 0 Å². The van der Waals surface area contributed by atoms with Crippen molar-refractivity contribution in [1.82, 2.24) is 14.9 Å². The normalized spacial score (nSPS) is 18.6. The van der Waals surface area contributed by atoms with Gasteiger partial charge < -0.3 is 29.2 Å². The molecule has 0 aliphatic carbocycles. The van der Waals surface area contributed by atoms with Crippen LogP contribution in [0.25, 0.3) is 5.69 Å². The second-order valence-corrected chi connectivity index (χ2v) is 9.13. The van der Waals surface area contributed by atoms with Crippen LogP contribution in [0.3, 0.4) is 0 Å². The van der Waals surface area contributed by atoms with Crippen LogP contribution in [0, 0.1) is 0 Å². The second kappa shape index (κ2) is 8.63. The Bertz CT molecular complexity index is 1370. The number of ether oxygens (including phenoxy) is 2. The van der Waals surface area contributed by atoms with E-state index in [0.717, 1.165) is 39.9 Å². The van der Waals surface area contributed by atoms with Gasteiger partial charge in [-0.15, -0.1) is 0 Å². The van der Waals surface area contributed by atoms with Crippen molar-refractivity contribution in [1.29, 1.82) is 0 Å². The fourth-order valence-corrected chi connectivity index (χ4v) is 5.10. The van der Waals surface area contributed by atoms with Crippen molar-refractivity contribution in [3.05, 3.63) is 96.6 Å². The summed E-state index contributed by atoms with van der Waals surface area (Å²) >= 11 is 5.88. The molecule has 0 bridgehead atoms. The molecule has 2 aliphatic rings. The molecule has 0 unspecified atom stereocenters. The standard InChI is InChI=1S/C27H25N5O2S/c1-30(2)18-8-10-19(11-9-18)31-15-5-7-22(31)26-25(21-6-3-4-14-28-21)29-27(35)32(26)20-12-13-23-24(16-20)34-17-33-23/h3-16,25-26H,17H2,1-2H3,(H,29,35)/t25-,26+/m0/s1. The Labute approximate surface area is 209 Å². The van der Waals surface area contributed by atoms with E-state index in [4.69, 9.17) is 21.7 Å². The van der Waals surface area contributed by atoms with E-state index >= 15 is 0 Å². The summed E-state index contributed by atoms with van der Waals surface area (Å²) in [5, 5.41) is 4.17. The molecule has 2 aromatic heterocycles. The Balaban J connectivity index is 1.47. The number of fused-ring (bicyclic) bond motifs is 1. The molecule has 1 N–H and O–H groups in total. The summed E-state index contributed by atoms with van der Waals surface area (Å²) in [5.74, 6) is 1.47. The van der Waals surface area contributed by atoms with E-state index in [1.807, 2.05) is 56.7 Å². The molecule has 1 saturated heterocycles. The summed E-state index contributed by atoms with van der Waals surface area (Å²) in [6.07, 6.45) is 3.91. The molecule has 2 atom stereocenters. The quantitative estimate of drug-likeness (QED) is 0.408. The van der Waals surface area contributed by atoms with Crippen molar-refractivity contribution < 1.29 is 9.47 Å². The Morgan fingerprint density at radius 3 is 2.51 bits per heavy atom. The van der Waals surface area contributed by atoms with Crippen molar-refractivity contribution in [3.63, 3.8) is 0 Å². The van der Waals surface area contributed by atoms with Gasteiger partial charge in [0.15, 0.2) is 16.6 Å². The van der Waals surface area contributed by atoms with Gasteiger partial charge in [0.25, 0.3) is 0 Å². The van der Waals surface area contributed by atoms with E-state index in [1.165, 1.54) is 0 Å². The molecule has 7 nitrogen and oxygen atoms in total. The zero-order chi connectivity index (χ0) is 23.9. The number of rotatable bonds is 5. The highest BCUT2D eigenvalue weighted by atomic mass is 32.1. The molecule has 0 amide bonds. The highest BCUT2D eigenvalue weighted by Gasteiger charge is 2.42. The number of hydrogen-bond acceptors (Lipinski definition) is 5. The van der Waals surface area contributed by atoms with Gasteiger partial charge >= 0.3 is 0 Å². The Morgan fingerprint density at radius 2 is 1.74 bits per heavy atom. The third kappa shape index (κ3) is 3.76. The van der Waals surface area contributed by atoms with E-state index < -0.39 is 0 Å². The maximum absolute atomic E-state index is 5.88. The molecule has 4 aromatic rings. The van der Waals surface area contributed by atoms with E-state index in [1.54, 1.807) is 0 Å². The highest BCUT2D eigenvalue weighted by Crippen LogP contribution is 2.44. The molecule has 1 fully saturated rings. The molecule has 35 heavy (non-hydrogen) atoms. The van der Waals surface area contributed by atoms with E-state index in [-0.39, 0.29) is 18.9 Å².